The second-order valence-electron chi connectivity index (χ2n) is 9.30. The van der Waals surface area contributed by atoms with Crippen molar-refractivity contribution in [1.82, 2.24) is 14.7 Å². The number of amides is 1. The minimum atomic E-state index is -0.0837. The number of para-hydroxylation sites is 2. The van der Waals surface area contributed by atoms with E-state index in [-0.39, 0.29) is 12.0 Å². The number of carbonyl (C=O) groups excluding carboxylic acids is 1. The Morgan fingerprint density at radius 3 is 2.45 bits per heavy atom. The van der Waals surface area contributed by atoms with Crippen LogP contribution >= 0.6 is 0 Å². The smallest absolute Gasteiger partial charge is 0.254 e. The molecule has 4 aromatic rings. The fraction of sp³-hybridized carbons (Fsp3) is 0.290. The van der Waals surface area contributed by atoms with Gasteiger partial charge >= 0.3 is 0 Å². The first-order valence-corrected chi connectivity index (χ1v) is 13.1. The first kappa shape index (κ1) is 25.5. The van der Waals surface area contributed by atoms with Crippen molar-refractivity contribution in [3.8, 4) is 23.1 Å². The summed E-state index contributed by atoms with van der Waals surface area (Å²) in [6.07, 6.45) is 2.62. The summed E-state index contributed by atoms with van der Waals surface area (Å²) in [6.45, 7) is 3.62. The Kier molecular flexibility index (Phi) is 8.04. The number of carbonyl (C=O) groups is 1. The molecule has 7 heteroatoms. The zero-order chi connectivity index (χ0) is 26.3. The van der Waals surface area contributed by atoms with Crippen molar-refractivity contribution >= 4 is 5.91 Å². The van der Waals surface area contributed by atoms with Crippen molar-refractivity contribution in [3.63, 3.8) is 0 Å². The van der Waals surface area contributed by atoms with E-state index >= 15 is 0 Å². The van der Waals surface area contributed by atoms with Gasteiger partial charge in [0.2, 0.25) is 5.88 Å². The van der Waals surface area contributed by atoms with Crippen molar-refractivity contribution in [3.05, 3.63) is 102 Å². The van der Waals surface area contributed by atoms with Gasteiger partial charge in [-0.05, 0) is 61.7 Å². The van der Waals surface area contributed by atoms with Crippen LogP contribution in [0.3, 0.4) is 0 Å². The van der Waals surface area contributed by atoms with Crippen LogP contribution in [0.5, 0.6) is 17.4 Å². The number of hydrogen-bond acceptors (Lipinski definition) is 5. The van der Waals surface area contributed by atoms with Crippen LogP contribution in [0.2, 0.25) is 0 Å². The number of hydrogen-bond donors (Lipinski definition) is 0. The number of methoxy groups -OCH3 is 1. The fourth-order valence-corrected chi connectivity index (χ4v) is 4.75. The van der Waals surface area contributed by atoms with Crippen LogP contribution in [-0.2, 0) is 17.7 Å². The van der Waals surface area contributed by atoms with Gasteiger partial charge in [-0.15, -0.1) is 0 Å². The van der Waals surface area contributed by atoms with Crippen molar-refractivity contribution in [1.29, 1.82) is 0 Å². The van der Waals surface area contributed by atoms with Crippen molar-refractivity contribution in [2.75, 3.05) is 20.3 Å². The topological polar surface area (TPSA) is 65.8 Å². The lowest BCUT2D eigenvalue weighted by Gasteiger charge is -2.26. The van der Waals surface area contributed by atoms with Crippen LogP contribution in [0, 0.1) is 0 Å². The van der Waals surface area contributed by atoms with E-state index < -0.39 is 0 Å². The second-order valence-corrected chi connectivity index (χ2v) is 9.30. The minimum Gasteiger partial charge on any atom is -0.497 e. The molecular formula is C31H33N3O4. The Bertz CT molecular complexity index is 1350. The van der Waals surface area contributed by atoms with Gasteiger partial charge in [-0.3, -0.25) is 4.79 Å². The quantitative estimate of drug-likeness (QED) is 0.259. The molecule has 1 saturated heterocycles. The number of rotatable bonds is 10. The Morgan fingerprint density at radius 2 is 1.76 bits per heavy atom. The highest BCUT2D eigenvalue weighted by atomic mass is 16.5. The second kappa shape index (κ2) is 12.0. The highest BCUT2D eigenvalue weighted by Gasteiger charge is 2.28. The van der Waals surface area contributed by atoms with Crippen molar-refractivity contribution in [2.24, 2.45) is 0 Å². The lowest BCUT2D eigenvalue weighted by molar-refractivity contribution is 0.0505. The maximum absolute atomic E-state index is 13.9. The summed E-state index contributed by atoms with van der Waals surface area (Å²) in [4.78, 5) is 15.8. The van der Waals surface area contributed by atoms with Gasteiger partial charge in [0.1, 0.15) is 11.5 Å². The van der Waals surface area contributed by atoms with Crippen molar-refractivity contribution < 1.29 is 19.0 Å². The van der Waals surface area contributed by atoms with E-state index in [2.05, 4.69) is 6.92 Å². The fourth-order valence-electron chi connectivity index (χ4n) is 4.75. The number of benzene rings is 3. The van der Waals surface area contributed by atoms with E-state index in [4.69, 9.17) is 19.3 Å². The van der Waals surface area contributed by atoms with E-state index in [0.29, 0.717) is 42.5 Å². The summed E-state index contributed by atoms with van der Waals surface area (Å²) in [6, 6.07) is 26.9. The van der Waals surface area contributed by atoms with Gasteiger partial charge in [0.05, 0.1) is 36.7 Å². The maximum atomic E-state index is 13.9. The Hall–Kier alpha value is -4.10. The van der Waals surface area contributed by atoms with Crippen LogP contribution < -0.4 is 9.47 Å². The van der Waals surface area contributed by atoms with E-state index in [0.717, 1.165) is 36.4 Å². The van der Waals surface area contributed by atoms with Crippen LogP contribution in [0.25, 0.3) is 5.69 Å². The molecule has 1 fully saturated rings. The zero-order valence-corrected chi connectivity index (χ0v) is 21.9. The highest BCUT2D eigenvalue weighted by Crippen LogP contribution is 2.33. The number of nitrogens with zero attached hydrogens (tertiary/aromatic N) is 3. The zero-order valence-electron chi connectivity index (χ0n) is 21.9. The van der Waals surface area contributed by atoms with Gasteiger partial charge in [0.25, 0.3) is 5.91 Å². The molecule has 0 bridgehead atoms. The molecule has 1 aliphatic heterocycles. The van der Waals surface area contributed by atoms with Crippen LogP contribution in [0.4, 0.5) is 0 Å². The molecule has 38 heavy (non-hydrogen) atoms. The highest BCUT2D eigenvalue weighted by molar-refractivity contribution is 5.94. The molecule has 1 unspecified atom stereocenters. The Labute approximate surface area is 223 Å². The molecule has 2 heterocycles. The number of aryl methyl sites for hydroxylation is 1. The van der Waals surface area contributed by atoms with E-state index in [1.54, 1.807) is 13.2 Å². The summed E-state index contributed by atoms with van der Waals surface area (Å²) in [5.41, 5.74) is 3.23. The van der Waals surface area contributed by atoms with Gasteiger partial charge in [0.15, 0.2) is 0 Å². The summed E-state index contributed by atoms with van der Waals surface area (Å²) >= 11 is 0. The standard InChI is InChI=1S/C31H33N3O4/c1-3-29-28(31(38-25-15-8-5-9-16-25)34(32-29)24-13-6-4-7-14-24)22-33(21-27-18-11-19-37-27)30(35)23-12-10-17-26(20-23)36-2/h4-10,12-17,20,27H,3,11,18-19,21-22H2,1-2H3. The Balaban J connectivity index is 1.57. The minimum absolute atomic E-state index is 0.00251. The molecular weight excluding hydrogens is 478 g/mol. The molecule has 1 aliphatic rings. The van der Waals surface area contributed by atoms with Gasteiger partial charge < -0.3 is 19.1 Å². The lowest BCUT2D eigenvalue weighted by atomic mass is 10.1. The largest absolute Gasteiger partial charge is 0.497 e. The monoisotopic (exact) mass is 511 g/mol. The third-order valence-corrected chi connectivity index (χ3v) is 6.71. The molecule has 0 radical (unpaired) electrons. The van der Waals surface area contributed by atoms with Gasteiger partial charge in [-0.2, -0.15) is 5.10 Å². The third kappa shape index (κ3) is 5.73. The maximum Gasteiger partial charge on any atom is 0.254 e. The van der Waals surface area contributed by atoms with E-state index in [1.165, 1.54) is 0 Å². The van der Waals surface area contributed by atoms with Crippen molar-refractivity contribution in [2.45, 2.75) is 38.8 Å². The SMILES string of the molecule is CCc1nn(-c2ccccc2)c(Oc2ccccc2)c1CN(CC1CCCO1)C(=O)c1cccc(OC)c1. The van der Waals surface area contributed by atoms with E-state index in [9.17, 15) is 4.79 Å². The molecule has 0 spiro atoms. The molecule has 3 aromatic carbocycles. The Morgan fingerprint density at radius 1 is 1.03 bits per heavy atom. The van der Waals surface area contributed by atoms with Gasteiger partial charge in [-0.1, -0.05) is 49.4 Å². The summed E-state index contributed by atoms with van der Waals surface area (Å²) in [7, 11) is 1.60. The molecule has 7 nitrogen and oxygen atoms in total. The molecule has 1 atom stereocenters. The summed E-state index contributed by atoms with van der Waals surface area (Å²) in [5, 5.41) is 4.94. The van der Waals surface area contributed by atoms with Crippen LogP contribution in [0.1, 0.15) is 41.4 Å². The predicted octanol–water partition coefficient (Wildman–Crippen LogP) is 6.06. The average molecular weight is 512 g/mol. The molecule has 0 N–H and O–H groups in total. The first-order valence-electron chi connectivity index (χ1n) is 13.1. The summed E-state index contributed by atoms with van der Waals surface area (Å²) in [5.74, 6) is 1.88. The molecule has 0 saturated carbocycles. The average Bonchev–Trinajstić information content (AvgIpc) is 3.61. The number of aromatic nitrogens is 2. The molecule has 5 rings (SSSR count). The van der Waals surface area contributed by atoms with Gasteiger partial charge in [-0.25, -0.2) is 4.68 Å². The lowest BCUT2D eigenvalue weighted by Crippen LogP contribution is -2.37. The van der Waals surface area contributed by atoms with Crippen LogP contribution in [0.15, 0.2) is 84.9 Å². The normalized spacial score (nSPS) is 14.8. The predicted molar refractivity (Wildman–Crippen MR) is 146 cm³/mol. The molecule has 0 aliphatic carbocycles. The molecule has 1 aromatic heterocycles. The summed E-state index contributed by atoms with van der Waals surface area (Å²) < 4.78 is 19.6. The van der Waals surface area contributed by atoms with E-state index in [1.807, 2.05) is 88.4 Å². The first-order chi connectivity index (χ1) is 18.7. The molecule has 196 valence electrons. The molecule has 1 amide bonds. The van der Waals surface area contributed by atoms with Gasteiger partial charge in [0, 0.05) is 18.7 Å². The number of ether oxygens (including phenoxy) is 3. The third-order valence-electron chi connectivity index (χ3n) is 6.71. The van der Waals surface area contributed by atoms with Crippen LogP contribution in [-0.4, -0.2) is 47.0 Å².